The zero-order chi connectivity index (χ0) is 23.4. The van der Waals surface area contributed by atoms with Crippen LogP contribution in [0.5, 0.6) is 5.75 Å². The normalized spacial score (nSPS) is 10.7. The standard InChI is InChI=1S/C28H24ClNO3/c1-18-9-11-22(19(2)15-18)23-12-14-25(28(31)32-3)30-27(23)21-10-13-24(29)26(16-21)33-17-20-7-5-4-6-8-20/h4-16H,17H2,1-3H3. The molecular weight excluding hydrogens is 434 g/mol. The molecule has 0 amide bonds. The first-order chi connectivity index (χ1) is 16.0. The summed E-state index contributed by atoms with van der Waals surface area (Å²) in [5, 5.41) is 0.506. The molecule has 0 saturated carbocycles. The van der Waals surface area contributed by atoms with Gasteiger partial charge in [0.25, 0.3) is 0 Å². The second-order valence-electron chi connectivity index (χ2n) is 7.82. The molecule has 0 radical (unpaired) electrons. The van der Waals surface area contributed by atoms with E-state index in [0.29, 0.717) is 23.1 Å². The lowest BCUT2D eigenvalue weighted by molar-refractivity contribution is 0.0594. The predicted molar refractivity (Wildman–Crippen MR) is 132 cm³/mol. The number of methoxy groups -OCH3 is 1. The average molecular weight is 458 g/mol. The number of halogens is 1. The Morgan fingerprint density at radius 3 is 2.39 bits per heavy atom. The molecule has 3 aromatic carbocycles. The Labute approximate surface area is 198 Å². The van der Waals surface area contributed by atoms with Crippen molar-refractivity contribution in [3.8, 4) is 28.1 Å². The number of aromatic nitrogens is 1. The van der Waals surface area contributed by atoms with Crippen molar-refractivity contribution < 1.29 is 14.3 Å². The molecule has 4 rings (SSSR count). The first-order valence-corrected chi connectivity index (χ1v) is 11.0. The highest BCUT2D eigenvalue weighted by atomic mass is 35.5. The third kappa shape index (κ3) is 5.07. The molecule has 0 N–H and O–H groups in total. The predicted octanol–water partition coefficient (Wildman–Crippen LogP) is 7.05. The van der Waals surface area contributed by atoms with Gasteiger partial charge in [-0.15, -0.1) is 0 Å². The Hall–Kier alpha value is -3.63. The van der Waals surface area contributed by atoms with Crippen LogP contribution in [0, 0.1) is 13.8 Å². The summed E-state index contributed by atoms with van der Waals surface area (Å²) in [5.74, 6) is 0.0628. The Bertz CT molecular complexity index is 1300. The lowest BCUT2D eigenvalue weighted by atomic mass is 9.94. The number of hydrogen-bond acceptors (Lipinski definition) is 4. The molecule has 0 aliphatic rings. The molecule has 33 heavy (non-hydrogen) atoms. The number of esters is 1. The monoisotopic (exact) mass is 457 g/mol. The molecule has 0 aliphatic carbocycles. The minimum absolute atomic E-state index is 0.239. The van der Waals surface area contributed by atoms with Crippen LogP contribution in [-0.2, 0) is 11.3 Å². The fourth-order valence-corrected chi connectivity index (χ4v) is 3.90. The molecule has 0 atom stereocenters. The molecule has 0 unspecified atom stereocenters. The number of benzene rings is 3. The topological polar surface area (TPSA) is 48.4 Å². The number of aryl methyl sites for hydroxylation is 2. The van der Waals surface area contributed by atoms with Crippen LogP contribution in [0.25, 0.3) is 22.4 Å². The second kappa shape index (κ2) is 9.88. The van der Waals surface area contributed by atoms with Gasteiger partial charge >= 0.3 is 5.97 Å². The Balaban J connectivity index is 1.80. The van der Waals surface area contributed by atoms with Crippen molar-refractivity contribution in [2.24, 2.45) is 0 Å². The van der Waals surface area contributed by atoms with Gasteiger partial charge in [0.2, 0.25) is 0 Å². The minimum Gasteiger partial charge on any atom is -0.487 e. The summed E-state index contributed by atoms with van der Waals surface area (Å²) in [6.45, 7) is 4.52. The van der Waals surface area contributed by atoms with Gasteiger partial charge in [-0.05, 0) is 54.8 Å². The molecule has 5 heteroatoms. The average Bonchev–Trinajstić information content (AvgIpc) is 2.83. The van der Waals surface area contributed by atoms with Crippen molar-refractivity contribution in [3.05, 3.63) is 106 Å². The summed E-state index contributed by atoms with van der Waals surface area (Å²) in [6, 6.07) is 25.3. The Morgan fingerprint density at radius 1 is 0.909 bits per heavy atom. The number of carbonyl (C=O) groups is 1. The number of ether oxygens (including phenoxy) is 2. The third-order valence-corrected chi connectivity index (χ3v) is 5.72. The number of carbonyl (C=O) groups excluding carboxylic acids is 1. The molecule has 0 saturated heterocycles. The van der Waals surface area contributed by atoms with Crippen LogP contribution in [0.4, 0.5) is 0 Å². The second-order valence-corrected chi connectivity index (χ2v) is 8.23. The first-order valence-electron chi connectivity index (χ1n) is 10.6. The van der Waals surface area contributed by atoms with E-state index in [1.165, 1.54) is 12.7 Å². The smallest absolute Gasteiger partial charge is 0.356 e. The van der Waals surface area contributed by atoms with Crippen LogP contribution in [-0.4, -0.2) is 18.1 Å². The van der Waals surface area contributed by atoms with Crippen molar-refractivity contribution in [1.29, 1.82) is 0 Å². The summed E-state index contributed by atoms with van der Waals surface area (Å²) in [7, 11) is 1.35. The zero-order valence-corrected chi connectivity index (χ0v) is 19.5. The maximum Gasteiger partial charge on any atom is 0.356 e. The van der Waals surface area contributed by atoms with E-state index in [2.05, 4.69) is 37.0 Å². The maximum absolute atomic E-state index is 12.2. The van der Waals surface area contributed by atoms with Gasteiger partial charge in [0.1, 0.15) is 18.1 Å². The van der Waals surface area contributed by atoms with E-state index in [-0.39, 0.29) is 5.69 Å². The van der Waals surface area contributed by atoms with Gasteiger partial charge in [-0.2, -0.15) is 0 Å². The summed E-state index contributed by atoms with van der Waals surface area (Å²) >= 11 is 6.43. The van der Waals surface area contributed by atoms with Crippen molar-refractivity contribution in [1.82, 2.24) is 4.98 Å². The van der Waals surface area contributed by atoms with Gasteiger partial charge < -0.3 is 9.47 Å². The highest BCUT2D eigenvalue weighted by molar-refractivity contribution is 6.32. The minimum atomic E-state index is -0.488. The summed E-state index contributed by atoms with van der Waals surface area (Å²) < 4.78 is 10.9. The van der Waals surface area contributed by atoms with Gasteiger partial charge in [-0.25, -0.2) is 9.78 Å². The largest absolute Gasteiger partial charge is 0.487 e. The Kier molecular flexibility index (Phi) is 6.76. The molecule has 4 aromatic rings. The fourth-order valence-electron chi connectivity index (χ4n) is 3.73. The molecule has 1 heterocycles. The Morgan fingerprint density at radius 2 is 1.67 bits per heavy atom. The maximum atomic E-state index is 12.2. The summed E-state index contributed by atoms with van der Waals surface area (Å²) in [6.07, 6.45) is 0. The van der Waals surface area contributed by atoms with E-state index in [1.54, 1.807) is 12.1 Å². The summed E-state index contributed by atoms with van der Waals surface area (Å²) in [4.78, 5) is 16.9. The van der Waals surface area contributed by atoms with E-state index < -0.39 is 5.97 Å². The van der Waals surface area contributed by atoms with Crippen LogP contribution in [0.3, 0.4) is 0 Å². The summed E-state index contributed by atoms with van der Waals surface area (Å²) in [5.41, 5.74) is 6.99. The SMILES string of the molecule is COC(=O)c1ccc(-c2ccc(C)cc2C)c(-c2ccc(Cl)c(OCc3ccccc3)c2)n1. The van der Waals surface area contributed by atoms with Crippen LogP contribution >= 0.6 is 11.6 Å². The van der Waals surface area contributed by atoms with E-state index in [4.69, 9.17) is 21.1 Å². The van der Waals surface area contributed by atoms with Crippen LogP contribution in [0.1, 0.15) is 27.2 Å². The van der Waals surface area contributed by atoms with Crippen LogP contribution < -0.4 is 4.74 Å². The quantitative estimate of drug-likeness (QED) is 0.291. The zero-order valence-electron chi connectivity index (χ0n) is 18.8. The molecule has 0 aliphatic heterocycles. The van der Waals surface area contributed by atoms with Gasteiger partial charge in [0, 0.05) is 11.1 Å². The molecule has 0 fully saturated rings. The highest BCUT2D eigenvalue weighted by Crippen LogP contribution is 2.37. The van der Waals surface area contributed by atoms with E-state index in [0.717, 1.165) is 27.8 Å². The third-order valence-electron chi connectivity index (χ3n) is 5.40. The van der Waals surface area contributed by atoms with Crippen molar-refractivity contribution in [2.45, 2.75) is 20.5 Å². The lowest BCUT2D eigenvalue weighted by Crippen LogP contribution is -2.06. The van der Waals surface area contributed by atoms with Crippen molar-refractivity contribution >= 4 is 17.6 Å². The fraction of sp³-hybridized carbons (Fsp3) is 0.143. The van der Waals surface area contributed by atoms with Gasteiger partial charge in [-0.1, -0.05) is 71.8 Å². The van der Waals surface area contributed by atoms with E-state index in [9.17, 15) is 4.79 Å². The van der Waals surface area contributed by atoms with Crippen molar-refractivity contribution in [3.63, 3.8) is 0 Å². The molecular formula is C28H24ClNO3. The number of hydrogen-bond donors (Lipinski definition) is 0. The number of rotatable bonds is 6. The van der Waals surface area contributed by atoms with Gasteiger partial charge in [0.05, 0.1) is 17.8 Å². The van der Waals surface area contributed by atoms with E-state index >= 15 is 0 Å². The molecule has 0 spiro atoms. The van der Waals surface area contributed by atoms with Gasteiger partial charge in [-0.3, -0.25) is 0 Å². The van der Waals surface area contributed by atoms with Crippen LogP contribution in [0.15, 0.2) is 78.9 Å². The van der Waals surface area contributed by atoms with Crippen LogP contribution in [0.2, 0.25) is 5.02 Å². The molecule has 4 nitrogen and oxygen atoms in total. The van der Waals surface area contributed by atoms with E-state index in [1.807, 2.05) is 48.5 Å². The molecule has 0 bridgehead atoms. The first kappa shape index (κ1) is 22.6. The lowest BCUT2D eigenvalue weighted by Gasteiger charge is -2.15. The van der Waals surface area contributed by atoms with Crippen molar-refractivity contribution in [2.75, 3.05) is 7.11 Å². The number of nitrogens with zero attached hydrogens (tertiary/aromatic N) is 1. The molecule has 1 aromatic heterocycles. The number of pyridine rings is 1. The highest BCUT2D eigenvalue weighted by Gasteiger charge is 2.17. The van der Waals surface area contributed by atoms with Gasteiger partial charge in [0.15, 0.2) is 0 Å². The molecule has 166 valence electrons.